The summed E-state index contributed by atoms with van der Waals surface area (Å²) in [6.07, 6.45) is 0. The van der Waals surface area contributed by atoms with Gasteiger partial charge in [-0.3, -0.25) is 0 Å². The zero-order valence-corrected chi connectivity index (χ0v) is 8.97. The zero-order valence-electron chi connectivity index (χ0n) is 8.97. The maximum atomic E-state index is 5.64. The zero-order chi connectivity index (χ0) is 11.5. The molecule has 2 rings (SSSR count). The Morgan fingerprint density at radius 3 is 2.31 bits per heavy atom. The van der Waals surface area contributed by atoms with Crippen LogP contribution in [0.25, 0.3) is 11.1 Å². The van der Waals surface area contributed by atoms with E-state index in [4.69, 9.17) is 16.2 Å². The van der Waals surface area contributed by atoms with Gasteiger partial charge in [0.2, 0.25) is 0 Å². The van der Waals surface area contributed by atoms with Gasteiger partial charge in [0, 0.05) is 0 Å². The highest BCUT2D eigenvalue weighted by Crippen LogP contribution is 2.25. The average Bonchev–Trinajstić information content (AvgIpc) is 2.28. The number of anilines is 2. The molecule has 0 aliphatic rings. The second-order valence-electron chi connectivity index (χ2n) is 3.44. The Hall–Kier alpha value is -2.23. The number of methoxy groups -OCH3 is 1. The van der Waals surface area contributed by atoms with E-state index in [0.29, 0.717) is 11.6 Å². The van der Waals surface area contributed by atoms with Crippen LogP contribution < -0.4 is 16.2 Å². The lowest BCUT2D eigenvalue weighted by atomic mass is 10.1. The van der Waals surface area contributed by atoms with Crippen molar-refractivity contribution in [1.82, 2.24) is 4.98 Å². The van der Waals surface area contributed by atoms with E-state index in [0.717, 1.165) is 16.9 Å². The number of ether oxygens (including phenoxy) is 1. The molecule has 4 N–H and O–H groups in total. The lowest BCUT2D eigenvalue weighted by Crippen LogP contribution is -1.96. The van der Waals surface area contributed by atoms with Crippen LogP contribution in [0.5, 0.6) is 5.75 Å². The van der Waals surface area contributed by atoms with E-state index in [-0.39, 0.29) is 0 Å². The van der Waals surface area contributed by atoms with Crippen LogP contribution >= 0.6 is 0 Å². The van der Waals surface area contributed by atoms with Gasteiger partial charge in [-0.2, -0.15) is 0 Å². The maximum absolute atomic E-state index is 5.64. The maximum Gasteiger partial charge on any atom is 0.126 e. The summed E-state index contributed by atoms with van der Waals surface area (Å²) in [5.74, 6) is 1.63. The lowest BCUT2D eigenvalue weighted by Gasteiger charge is -2.06. The van der Waals surface area contributed by atoms with E-state index in [1.54, 1.807) is 19.2 Å². The van der Waals surface area contributed by atoms with E-state index in [9.17, 15) is 0 Å². The summed E-state index contributed by atoms with van der Waals surface area (Å²) in [4.78, 5) is 3.93. The third-order valence-electron chi connectivity index (χ3n) is 2.27. The molecule has 0 bridgehead atoms. The van der Waals surface area contributed by atoms with E-state index in [2.05, 4.69) is 4.98 Å². The minimum atomic E-state index is 0.415. The van der Waals surface area contributed by atoms with Crippen LogP contribution in [0, 0.1) is 0 Å². The van der Waals surface area contributed by atoms with Gasteiger partial charge >= 0.3 is 0 Å². The van der Waals surface area contributed by atoms with Gasteiger partial charge in [0.25, 0.3) is 0 Å². The van der Waals surface area contributed by atoms with Crippen molar-refractivity contribution in [1.29, 1.82) is 0 Å². The van der Waals surface area contributed by atoms with Gasteiger partial charge < -0.3 is 16.2 Å². The van der Waals surface area contributed by atoms with E-state index < -0.39 is 0 Å². The Morgan fingerprint density at radius 2 is 1.69 bits per heavy atom. The van der Waals surface area contributed by atoms with Gasteiger partial charge in [-0.1, -0.05) is 12.1 Å². The molecule has 1 heterocycles. The predicted octanol–water partition coefficient (Wildman–Crippen LogP) is 1.92. The number of aromatic nitrogens is 1. The molecule has 2 aromatic rings. The molecule has 82 valence electrons. The smallest absolute Gasteiger partial charge is 0.126 e. The van der Waals surface area contributed by atoms with Crippen molar-refractivity contribution in [2.24, 2.45) is 0 Å². The molecule has 0 atom stereocenters. The molecule has 0 saturated carbocycles. The van der Waals surface area contributed by atoms with Crippen LogP contribution in [0.1, 0.15) is 0 Å². The topological polar surface area (TPSA) is 74.2 Å². The number of nitrogen functional groups attached to an aromatic ring is 2. The molecular formula is C12H13N3O. The number of rotatable bonds is 2. The lowest BCUT2D eigenvalue weighted by molar-refractivity contribution is 0.415. The van der Waals surface area contributed by atoms with Crippen LogP contribution in [0.2, 0.25) is 0 Å². The van der Waals surface area contributed by atoms with Crippen molar-refractivity contribution in [3.63, 3.8) is 0 Å². The van der Waals surface area contributed by atoms with Gasteiger partial charge in [-0.05, 0) is 35.4 Å². The number of nitrogens with two attached hydrogens (primary N) is 2. The van der Waals surface area contributed by atoms with Gasteiger partial charge in [0.15, 0.2) is 0 Å². The van der Waals surface area contributed by atoms with Gasteiger partial charge in [0.1, 0.15) is 17.4 Å². The fourth-order valence-electron chi connectivity index (χ4n) is 1.54. The Labute approximate surface area is 93.9 Å². The van der Waals surface area contributed by atoms with E-state index in [1.165, 1.54) is 0 Å². The molecule has 1 aromatic carbocycles. The largest absolute Gasteiger partial charge is 0.497 e. The number of hydrogen-bond acceptors (Lipinski definition) is 4. The van der Waals surface area contributed by atoms with Crippen molar-refractivity contribution in [3.8, 4) is 16.9 Å². The van der Waals surface area contributed by atoms with E-state index >= 15 is 0 Å². The Bertz CT molecular complexity index is 491. The van der Waals surface area contributed by atoms with Gasteiger partial charge in [0.05, 0.1) is 7.11 Å². The van der Waals surface area contributed by atoms with Crippen molar-refractivity contribution in [2.45, 2.75) is 0 Å². The summed E-state index contributed by atoms with van der Waals surface area (Å²) in [6, 6.07) is 11.3. The first-order chi connectivity index (χ1) is 7.69. The molecule has 0 unspecified atom stereocenters. The summed E-state index contributed by atoms with van der Waals surface area (Å²) in [7, 11) is 1.63. The second kappa shape index (κ2) is 4.10. The first kappa shape index (κ1) is 10.3. The van der Waals surface area contributed by atoms with Crippen molar-refractivity contribution >= 4 is 11.6 Å². The quantitative estimate of drug-likeness (QED) is 0.802. The van der Waals surface area contributed by atoms with Gasteiger partial charge in [-0.25, -0.2) is 4.98 Å². The first-order valence-electron chi connectivity index (χ1n) is 4.86. The Kier molecular flexibility index (Phi) is 2.64. The Morgan fingerprint density at radius 1 is 1.00 bits per heavy atom. The molecule has 16 heavy (non-hydrogen) atoms. The minimum Gasteiger partial charge on any atom is -0.497 e. The summed E-state index contributed by atoms with van der Waals surface area (Å²) in [6.45, 7) is 0. The number of benzene rings is 1. The van der Waals surface area contributed by atoms with Crippen molar-refractivity contribution < 1.29 is 4.74 Å². The summed E-state index contributed by atoms with van der Waals surface area (Å²) >= 11 is 0. The molecule has 0 saturated heterocycles. The highest BCUT2D eigenvalue weighted by atomic mass is 16.5. The highest BCUT2D eigenvalue weighted by molar-refractivity contribution is 5.70. The molecular weight excluding hydrogens is 202 g/mol. The fourth-order valence-corrected chi connectivity index (χ4v) is 1.54. The van der Waals surface area contributed by atoms with Crippen LogP contribution in [-0.4, -0.2) is 12.1 Å². The molecule has 4 heteroatoms. The first-order valence-corrected chi connectivity index (χ1v) is 4.86. The SMILES string of the molecule is COc1cccc(-c2cc(N)nc(N)c2)c1. The third-order valence-corrected chi connectivity index (χ3v) is 2.27. The average molecular weight is 215 g/mol. The molecule has 0 fully saturated rings. The molecule has 0 aliphatic heterocycles. The summed E-state index contributed by atoms with van der Waals surface area (Å²) < 4.78 is 5.16. The third kappa shape index (κ3) is 2.06. The minimum absolute atomic E-state index is 0.415. The molecule has 1 aromatic heterocycles. The monoisotopic (exact) mass is 215 g/mol. The Balaban J connectivity index is 2.49. The molecule has 0 spiro atoms. The normalized spacial score (nSPS) is 10.1. The molecule has 4 nitrogen and oxygen atoms in total. The van der Waals surface area contributed by atoms with Crippen molar-refractivity contribution in [3.05, 3.63) is 36.4 Å². The number of pyridine rings is 1. The second-order valence-corrected chi connectivity index (χ2v) is 3.44. The van der Waals surface area contributed by atoms with Crippen LogP contribution in [-0.2, 0) is 0 Å². The van der Waals surface area contributed by atoms with Gasteiger partial charge in [-0.15, -0.1) is 0 Å². The predicted molar refractivity (Wildman–Crippen MR) is 65.0 cm³/mol. The fraction of sp³-hybridized carbons (Fsp3) is 0.0833. The van der Waals surface area contributed by atoms with Crippen LogP contribution in [0.4, 0.5) is 11.6 Å². The molecule has 0 aliphatic carbocycles. The van der Waals surface area contributed by atoms with Crippen LogP contribution in [0.15, 0.2) is 36.4 Å². The standard InChI is InChI=1S/C12H13N3O/c1-16-10-4-2-3-8(5-10)9-6-11(13)15-12(14)7-9/h2-7H,1H3,(H4,13,14,15). The highest BCUT2D eigenvalue weighted by Gasteiger charge is 2.02. The molecule has 0 amide bonds. The number of hydrogen-bond donors (Lipinski definition) is 2. The molecule has 0 radical (unpaired) electrons. The summed E-state index contributed by atoms with van der Waals surface area (Å²) in [5, 5.41) is 0. The number of nitrogens with zero attached hydrogens (tertiary/aromatic N) is 1. The van der Waals surface area contributed by atoms with E-state index in [1.807, 2.05) is 24.3 Å². The van der Waals surface area contributed by atoms with Crippen molar-refractivity contribution in [2.75, 3.05) is 18.6 Å². The van der Waals surface area contributed by atoms with Crippen LogP contribution in [0.3, 0.4) is 0 Å². The summed E-state index contributed by atoms with van der Waals surface area (Å²) in [5.41, 5.74) is 13.2.